The Hall–Kier alpha value is -0.380. The summed E-state index contributed by atoms with van der Waals surface area (Å²) in [6.45, 7) is 4.98. The molecule has 1 saturated heterocycles. The first-order valence-corrected chi connectivity index (χ1v) is 5.28. The monoisotopic (exact) mass is 198 g/mol. The third kappa shape index (κ3) is 1.23. The van der Waals surface area contributed by atoms with E-state index >= 15 is 0 Å². The molecule has 1 aliphatic rings. The number of hydrogen-bond donors (Lipinski definition) is 1. The lowest BCUT2D eigenvalue weighted by atomic mass is 9.71. The first-order valence-electron chi connectivity index (χ1n) is 4.40. The van der Waals surface area contributed by atoms with Crippen LogP contribution in [0.5, 0.6) is 0 Å². The summed E-state index contributed by atoms with van der Waals surface area (Å²) in [5.41, 5.74) is -0.864. The van der Waals surface area contributed by atoms with Gasteiger partial charge >= 0.3 is 0 Å². The highest BCUT2D eigenvalue weighted by Crippen LogP contribution is 2.43. The SMILES string of the molecule is CC(C)(O)C1(c2cccs2)COC1. The molecule has 0 amide bonds. The summed E-state index contributed by atoms with van der Waals surface area (Å²) in [4.78, 5) is 1.23. The Kier molecular flexibility index (Phi) is 1.98. The van der Waals surface area contributed by atoms with Gasteiger partial charge in [0.1, 0.15) is 0 Å². The molecule has 0 aromatic carbocycles. The van der Waals surface area contributed by atoms with Crippen LogP contribution in [0.3, 0.4) is 0 Å². The van der Waals surface area contributed by atoms with Crippen molar-refractivity contribution in [3.63, 3.8) is 0 Å². The molecule has 2 nitrogen and oxygen atoms in total. The van der Waals surface area contributed by atoms with Crippen molar-refractivity contribution in [3.8, 4) is 0 Å². The molecule has 2 rings (SSSR count). The van der Waals surface area contributed by atoms with Gasteiger partial charge < -0.3 is 9.84 Å². The lowest BCUT2D eigenvalue weighted by Gasteiger charge is -2.49. The molecule has 72 valence electrons. The molecular weight excluding hydrogens is 184 g/mol. The van der Waals surface area contributed by atoms with Crippen LogP contribution >= 0.6 is 11.3 Å². The van der Waals surface area contributed by atoms with Crippen molar-refractivity contribution in [1.82, 2.24) is 0 Å². The molecule has 0 bridgehead atoms. The van der Waals surface area contributed by atoms with Crippen LogP contribution in [0, 0.1) is 0 Å². The molecule has 3 heteroatoms. The van der Waals surface area contributed by atoms with E-state index in [1.807, 2.05) is 25.3 Å². The van der Waals surface area contributed by atoms with Gasteiger partial charge in [-0.1, -0.05) is 6.07 Å². The van der Waals surface area contributed by atoms with E-state index in [0.29, 0.717) is 13.2 Å². The molecule has 0 unspecified atom stereocenters. The highest BCUT2D eigenvalue weighted by Gasteiger charge is 2.52. The minimum atomic E-state index is -0.698. The minimum Gasteiger partial charge on any atom is -0.389 e. The summed E-state index contributed by atoms with van der Waals surface area (Å²) in [5.74, 6) is 0. The molecule has 1 aromatic rings. The molecule has 1 aromatic heterocycles. The van der Waals surface area contributed by atoms with E-state index in [4.69, 9.17) is 4.74 Å². The molecule has 1 fully saturated rings. The van der Waals surface area contributed by atoms with Crippen LogP contribution in [0.15, 0.2) is 17.5 Å². The molecule has 0 saturated carbocycles. The first kappa shape index (κ1) is 9.19. The maximum atomic E-state index is 10.1. The summed E-state index contributed by atoms with van der Waals surface area (Å²) in [7, 11) is 0. The predicted octanol–water partition coefficient (Wildman–Crippen LogP) is 1.79. The number of rotatable bonds is 2. The van der Waals surface area contributed by atoms with Crippen molar-refractivity contribution in [3.05, 3.63) is 22.4 Å². The fourth-order valence-electron chi connectivity index (χ4n) is 1.65. The molecule has 0 radical (unpaired) electrons. The Labute approximate surface area is 82.2 Å². The summed E-state index contributed by atoms with van der Waals surface area (Å²) in [5, 5.41) is 12.1. The average molecular weight is 198 g/mol. The zero-order valence-electron chi connectivity index (χ0n) is 7.91. The zero-order chi connectivity index (χ0) is 9.53. The third-order valence-electron chi connectivity index (χ3n) is 2.86. The van der Waals surface area contributed by atoms with E-state index in [2.05, 4.69) is 6.07 Å². The van der Waals surface area contributed by atoms with Crippen LogP contribution in [-0.4, -0.2) is 23.9 Å². The van der Waals surface area contributed by atoms with Crippen molar-refractivity contribution < 1.29 is 9.84 Å². The number of thiophene rings is 1. The second kappa shape index (κ2) is 2.80. The van der Waals surface area contributed by atoms with E-state index < -0.39 is 5.60 Å². The van der Waals surface area contributed by atoms with Gasteiger partial charge in [-0.3, -0.25) is 0 Å². The lowest BCUT2D eigenvalue weighted by Crippen LogP contribution is -2.60. The molecule has 13 heavy (non-hydrogen) atoms. The van der Waals surface area contributed by atoms with Crippen LogP contribution in [0.2, 0.25) is 0 Å². The van der Waals surface area contributed by atoms with Crippen molar-refractivity contribution in [2.24, 2.45) is 0 Å². The topological polar surface area (TPSA) is 29.5 Å². The minimum absolute atomic E-state index is 0.166. The number of ether oxygens (including phenoxy) is 1. The largest absolute Gasteiger partial charge is 0.389 e. The second-order valence-electron chi connectivity index (χ2n) is 4.11. The van der Waals surface area contributed by atoms with Crippen molar-refractivity contribution in [2.75, 3.05) is 13.2 Å². The lowest BCUT2D eigenvalue weighted by molar-refractivity contribution is -0.155. The Morgan fingerprint density at radius 1 is 1.54 bits per heavy atom. The third-order valence-corrected chi connectivity index (χ3v) is 3.93. The average Bonchev–Trinajstić information content (AvgIpc) is 2.32. The van der Waals surface area contributed by atoms with Crippen LogP contribution in [0.25, 0.3) is 0 Å². The quantitative estimate of drug-likeness (QED) is 0.785. The van der Waals surface area contributed by atoms with Gasteiger partial charge in [0, 0.05) is 4.88 Å². The van der Waals surface area contributed by atoms with E-state index in [-0.39, 0.29) is 5.41 Å². The number of hydrogen-bond acceptors (Lipinski definition) is 3. The number of aliphatic hydroxyl groups is 1. The molecular formula is C10H14O2S. The Morgan fingerprint density at radius 3 is 2.54 bits per heavy atom. The standard InChI is InChI=1S/C10H14O2S/c1-9(2,11)10(6-12-7-10)8-4-3-5-13-8/h3-5,11H,6-7H2,1-2H3. The fourth-order valence-corrected chi connectivity index (χ4v) is 2.71. The van der Waals surface area contributed by atoms with E-state index in [1.54, 1.807) is 11.3 Å². The maximum Gasteiger partial charge on any atom is 0.0794 e. The Balaban J connectivity index is 2.37. The molecule has 0 spiro atoms. The van der Waals surface area contributed by atoms with E-state index in [1.165, 1.54) is 4.88 Å². The van der Waals surface area contributed by atoms with Gasteiger partial charge in [-0.05, 0) is 25.3 Å². The second-order valence-corrected chi connectivity index (χ2v) is 5.06. The van der Waals surface area contributed by atoms with Gasteiger partial charge in [-0.25, -0.2) is 0 Å². The van der Waals surface area contributed by atoms with Gasteiger partial charge in [-0.2, -0.15) is 0 Å². The summed E-state index contributed by atoms with van der Waals surface area (Å²) in [6.07, 6.45) is 0. The summed E-state index contributed by atoms with van der Waals surface area (Å²) >= 11 is 1.69. The van der Waals surface area contributed by atoms with Gasteiger partial charge in [0.2, 0.25) is 0 Å². The normalized spacial score (nSPS) is 21.2. The summed E-state index contributed by atoms with van der Waals surface area (Å²) in [6, 6.07) is 4.09. The molecule has 2 heterocycles. The predicted molar refractivity (Wildman–Crippen MR) is 53.1 cm³/mol. The van der Waals surface area contributed by atoms with Crippen LogP contribution < -0.4 is 0 Å². The highest BCUT2D eigenvalue weighted by atomic mass is 32.1. The highest BCUT2D eigenvalue weighted by molar-refractivity contribution is 7.10. The fraction of sp³-hybridized carbons (Fsp3) is 0.600. The van der Waals surface area contributed by atoms with E-state index in [9.17, 15) is 5.11 Å². The molecule has 0 atom stereocenters. The Bertz CT molecular complexity index is 280. The first-order chi connectivity index (χ1) is 6.06. The maximum absolute atomic E-state index is 10.1. The van der Waals surface area contributed by atoms with Gasteiger partial charge in [0.15, 0.2) is 0 Å². The van der Waals surface area contributed by atoms with Crippen molar-refractivity contribution >= 4 is 11.3 Å². The molecule has 1 N–H and O–H groups in total. The summed E-state index contributed by atoms with van der Waals surface area (Å²) < 4.78 is 5.24. The smallest absolute Gasteiger partial charge is 0.0794 e. The van der Waals surface area contributed by atoms with Crippen LogP contribution in [0.1, 0.15) is 18.7 Å². The van der Waals surface area contributed by atoms with Gasteiger partial charge in [0.25, 0.3) is 0 Å². The Morgan fingerprint density at radius 2 is 2.23 bits per heavy atom. The zero-order valence-corrected chi connectivity index (χ0v) is 8.73. The van der Waals surface area contributed by atoms with E-state index in [0.717, 1.165) is 0 Å². The molecule has 1 aliphatic heterocycles. The van der Waals surface area contributed by atoms with Crippen LogP contribution in [0.4, 0.5) is 0 Å². The van der Waals surface area contributed by atoms with Crippen molar-refractivity contribution in [1.29, 1.82) is 0 Å². The molecule has 0 aliphatic carbocycles. The van der Waals surface area contributed by atoms with Gasteiger partial charge in [0.05, 0.1) is 24.2 Å². The van der Waals surface area contributed by atoms with Gasteiger partial charge in [-0.15, -0.1) is 11.3 Å². The van der Waals surface area contributed by atoms with Crippen molar-refractivity contribution in [2.45, 2.75) is 24.9 Å². The van der Waals surface area contributed by atoms with Crippen LogP contribution in [-0.2, 0) is 10.2 Å².